The molecule has 0 unspecified atom stereocenters. The second-order valence-corrected chi connectivity index (χ2v) is 8.42. The monoisotopic (exact) mass is 505 g/mol. The van der Waals surface area contributed by atoms with E-state index in [1.165, 1.54) is 11.8 Å². The van der Waals surface area contributed by atoms with Crippen molar-refractivity contribution in [2.75, 3.05) is 23.5 Å². The smallest absolute Gasteiger partial charge is 0.234 e. The zero-order chi connectivity index (χ0) is 23.8. The molecule has 2 amide bonds. The Bertz CT molecular complexity index is 1170. The molecule has 11 heteroatoms. The predicted octanol–water partition coefficient (Wildman–Crippen LogP) is 4.69. The largest absolute Gasteiger partial charge is 0.497 e. The van der Waals surface area contributed by atoms with Crippen molar-refractivity contribution in [2.45, 2.75) is 18.1 Å². The van der Waals surface area contributed by atoms with E-state index < -0.39 is 0 Å². The number of allylic oxidation sites excluding steroid dienone is 1. The van der Waals surface area contributed by atoms with Crippen LogP contribution in [0.3, 0.4) is 0 Å². The zero-order valence-electron chi connectivity index (χ0n) is 17.7. The summed E-state index contributed by atoms with van der Waals surface area (Å²) in [6.07, 6.45) is 1.62. The number of halogens is 2. The Kier molecular flexibility index (Phi) is 8.76. The molecule has 8 nitrogen and oxygen atoms in total. The van der Waals surface area contributed by atoms with Gasteiger partial charge in [-0.1, -0.05) is 53.2 Å². The van der Waals surface area contributed by atoms with Gasteiger partial charge in [0.05, 0.1) is 35.0 Å². The number of aromatic nitrogens is 3. The van der Waals surface area contributed by atoms with Crippen LogP contribution in [-0.2, 0) is 22.6 Å². The van der Waals surface area contributed by atoms with Gasteiger partial charge in [0.1, 0.15) is 11.6 Å². The van der Waals surface area contributed by atoms with Gasteiger partial charge < -0.3 is 19.9 Å². The molecular weight excluding hydrogens is 485 g/mol. The minimum atomic E-state index is -0.329. The molecule has 0 spiro atoms. The van der Waals surface area contributed by atoms with Crippen LogP contribution in [0.2, 0.25) is 10.0 Å². The van der Waals surface area contributed by atoms with Crippen LogP contribution in [0.5, 0.6) is 5.75 Å². The SMILES string of the molecule is C=CCn1c(CC(=O)Nc2cccc(Cl)c2Cl)nnc1SCC(=O)Nc1cccc(OC)c1. The van der Waals surface area contributed by atoms with Gasteiger partial charge in [-0.15, -0.1) is 16.8 Å². The molecule has 0 radical (unpaired) electrons. The molecule has 0 atom stereocenters. The van der Waals surface area contributed by atoms with Crippen molar-refractivity contribution in [2.24, 2.45) is 0 Å². The highest BCUT2D eigenvalue weighted by molar-refractivity contribution is 7.99. The number of nitrogens with zero attached hydrogens (tertiary/aromatic N) is 3. The number of amides is 2. The lowest BCUT2D eigenvalue weighted by Crippen LogP contribution is -2.18. The lowest BCUT2D eigenvalue weighted by atomic mass is 10.3. The van der Waals surface area contributed by atoms with Crippen LogP contribution >= 0.6 is 35.0 Å². The van der Waals surface area contributed by atoms with Crippen molar-refractivity contribution in [3.05, 3.63) is 71.0 Å². The Morgan fingerprint density at radius 2 is 1.94 bits per heavy atom. The van der Waals surface area contributed by atoms with Crippen LogP contribution in [0.15, 0.2) is 60.3 Å². The van der Waals surface area contributed by atoms with Gasteiger partial charge in [-0.2, -0.15) is 0 Å². The maximum absolute atomic E-state index is 12.5. The molecule has 0 fully saturated rings. The Morgan fingerprint density at radius 1 is 1.15 bits per heavy atom. The third-order valence-electron chi connectivity index (χ3n) is 4.34. The zero-order valence-corrected chi connectivity index (χ0v) is 20.0. The first-order valence-corrected chi connectivity index (χ1v) is 11.5. The molecule has 3 rings (SSSR count). The fraction of sp³-hybridized carbons (Fsp3) is 0.182. The topological polar surface area (TPSA) is 98.1 Å². The van der Waals surface area contributed by atoms with Gasteiger partial charge in [0.2, 0.25) is 11.8 Å². The molecule has 33 heavy (non-hydrogen) atoms. The van der Waals surface area contributed by atoms with Gasteiger partial charge in [0.25, 0.3) is 0 Å². The fourth-order valence-electron chi connectivity index (χ4n) is 2.84. The molecule has 0 aliphatic rings. The van der Waals surface area contributed by atoms with Crippen molar-refractivity contribution in [3.63, 3.8) is 0 Å². The van der Waals surface area contributed by atoms with Crippen LogP contribution in [0.1, 0.15) is 5.82 Å². The van der Waals surface area contributed by atoms with Crippen molar-refractivity contribution in [3.8, 4) is 5.75 Å². The van der Waals surface area contributed by atoms with E-state index in [2.05, 4.69) is 27.4 Å². The average Bonchev–Trinajstić information content (AvgIpc) is 3.17. The number of nitrogens with one attached hydrogen (secondary N) is 2. The third kappa shape index (κ3) is 6.74. The Morgan fingerprint density at radius 3 is 2.70 bits per heavy atom. The summed E-state index contributed by atoms with van der Waals surface area (Å²) in [5.41, 5.74) is 1.04. The lowest BCUT2D eigenvalue weighted by molar-refractivity contribution is -0.116. The number of rotatable bonds is 10. The number of carbonyl (C=O) groups excluding carboxylic acids is 2. The minimum absolute atomic E-state index is 0.0414. The molecule has 2 N–H and O–H groups in total. The first-order chi connectivity index (χ1) is 15.9. The van der Waals surface area contributed by atoms with Crippen LogP contribution in [0.4, 0.5) is 11.4 Å². The van der Waals surface area contributed by atoms with Crippen molar-refractivity contribution in [1.29, 1.82) is 0 Å². The van der Waals surface area contributed by atoms with Gasteiger partial charge >= 0.3 is 0 Å². The quantitative estimate of drug-likeness (QED) is 0.306. The Hall–Kier alpha value is -3.01. The van der Waals surface area contributed by atoms with E-state index in [0.29, 0.717) is 39.7 Å². The molecule has 3 aromatic rings. The number of ether oxygens (including phenoxy) is 1. The summed E-state index contributed by atoms with van der Waals surface area (Å²) < 4.78 is 6.89. The third-order valence-corrected chi connectivity index (χ3v) is 6.12. The van der Waals surface area contributed by atoms with Crippen molar-refractivity contribution in [1.82, 2.24) is 14.8 Å². The number of hydrogen-bond acceptors (Lipinski definition) is 6. The number of thioether (sulfide) groups is 1. The maximum atomic E-state index is 12.5. The molecule has 1 aromatic heterocycles. The fourth-order valence-corrected chi connectivity index (χ4v) is 3.95. The number of anilines is 2. The second-order valence-electron chi connectivity index (χ2n) is 6.69. The summed E-state index contributed by atoms with van der Waals surface area (Å²) in [7, 11) is 1.56. The molecule has 172 valence electrons. The molecule has 0 saturated heterocycles. The summed E-state index contributed by atoms with van der Waals surface area (Å²) in [5, 5.41) is 14.9. The number of carbonyl (C=O) groups is 2. The van der Waals surface area contributed by atoms with E-state index in [-0.39, 0.29) is 29.0 Å². The van der Waals surface area contributed by atoms with Crippen LogP contribution in [0.25, 0.3) is 0 Å². The molecular formula is C22H21Cl2N5O3S. The van der Waals surface area contributed by atoms with Crippen LogP contribution in [0, 0.1) is 0 Å². The van der Waals surface area contributed by atoms with Gasteiger partial charge in [0.15, 0.2) is 5.16 Å². The van der Waals surface area contributed by atoms with E-state index in [9.17, 15) is 9.59 Å². The Balaban J connectivity index is 1.63. The number of methoxy groups -OCH3 is 1. The molecule has 0 aliphatic heterocycles. The van der Waals surface area contributed by atoms with Gasteiger partial charge in [0, 0.05) is 18.3 Å². The predicted molar refractivity (Wildman–Crippen MR) is 131 cm³/mol. The minimum Gasteiger partial charge on any atom is -0.497 e. The standard InChI is InChI=1S/C22H21Cl2N5O3S/c1-3-10-29-18(12-19(30)26-17-9-5-8-16(23)21(17)24)27-28-22(29)33-13-20(31)25-14-6-4-7-15(11-14)32-2/h3-9,11H,1,10,12-13H2,2H3,(H,25,31)(H,26,30). The highest BCUT2D eigenvalue weighted by Crippen LogP contribution is 2.29. The number of benzene rings is 2. The van der Waals surface area contributed by atoms with Crippen LogP contribution in [-0.4, -0.2) is 39.4 Å². The highest BCUT2D eigenvalue weighted by atomic mass is 35.5. The van der Waals surface area contributed by atoms with Crippen molar-refractivity contribution >= 4 is 58.2 Å². The highest BCUT2D eigenvalue weighted by Gasteiger charge is 2.17. The normalized spacial score (nSPS) is 10.5. The van der Waals surface area contributed by atoms with E-state index in [4.69, 9.17) is 27.9 Å². The van der Waals surface area contributed by atoms with E-state index >= 15 is 0 Å². The lowest BCUT2D eigenvalue weighted by Gasteiger charge is -2.10. The molecule has 0 saturated carbocycles. The van der Waals surface area contributed by atoms with Crippen molar-refractivity contribution < 1.29 is 14.3 Å². The Labute approximate surface area is 205 Å². The van der Waals surface area contributed by atoms with E-state index in [1.54, 1.807) is 60.2 Å². The molecule has 1 heterocycles. The summed E-state index contributed by atoms with van der Waals surface area (Å²) in [6, 6.07) is 12.1. The van der Waals surface area contributed by atoms with E-state index in [1.807, 2.05) is 0 Å². The van der Waals surface area contributed by atoms with Gasteiger partial charge in [-0.3, -0.25) is 9.59 Å². The summed E-state index contributed by atoms with van der Waals surface area (Å²) in [5.74, 6) is 0.645. The van der Waals surface area contributed by atoms with Gasteiger partial charge in [-0.25, -0.2) is 0 Å². The molecule has 2 aromatic carbocycles. The van der Waals surface area contributed by atoms with Gasteiger partial charge in [-0.05, 0) is 24.3 Å². The molecule has 0 aliphatic carbocycles. The summed E-state index contributed by atoms with van der Waals surface area (Å²) in [4.78, 5) is 24.9. The second kappa shape index (κ2) is 11.7. The molecule has 0 bridgehead atoms. The van der Waals surface area contributed by atoms with Crippen LogP contribution < -0.4 is 15.4 Å². The summed E-state index contributed by atoms with van der Waals surface area (Å²) in [6.45, 7) is 4.13. The first-order valence-electron chi connectivity index (χ1n) is 9.74. The van der Waals surface area contributed by atoms with E-state index in [0.717, 1.165) is 0 Å². The number of hydrogen-bond donors (Lipinski definition) is 2. The summed E-state index contributed by atoms with van der Waals surface area (Å²) >= 11 is 13.3. The maximum Gasteiger partial charge on any atom is 0.234 e. The average molecular weight is 506 g/mol. The first kappa shape index (κ1) is 24.6.